The van der Waals surface area contributed by atoms with Crippen LogP contribution in [0.4, 0.5) is 4.79 Å². The lowest BCUT2D eigenvalue weighted by Crippen LogP contribution is -2.64. The Morgan fingerprint density at radius 1 is 1.08 bits per heavy atom. The summed E-state index contributed by atoms with van der Waals surface area (Å²) in [4.78, 5) is 54.7. The van der Waals surface area contributed by atoms with E-state index < -0.39 is 23.3 Å². The van der Waals surface area contributed by atoms with Crippen LogP contribution in [0.2, 0.25) is 0 Å². The van der Waals surface area contributed by atoms with E-state index in [2.05, 4.69) is 16.0 Å². The second-order valence-corrected chi connectivity index (χ2v) is 10.5. The van der Waals surface area contributed by atoms with Crippen molar-refractivity contribution in [2.24, 2.45) is 0 Å². The molecule has 9 nitrogen and oxygen atoms in total. The number of unbranched alkanes of at least 4 members (excludes halogenated alkanes) is 1. The summed E-state index contributed by atoms with van der Waals surface area (Å²) >= 11 is 0. The van der Waals surface area contributed by atoms with Gasteiger partial charge in [-0.25, -0.2) is 4.79 Å². The van der Waals surface area contributed by atoms with Crippen LogP contribution < -0.4 is 16.0 Å². The van der Waals surface area contributed by atoms with Crippen molar-refractivity contribution in [3.63, 3.8) is 0 Å². The third-order valence-electron chi connectivity index (χ3n) is 7.92. The van der Waals surface area contributed by atoms with E-state index in [9.17, 15) is 19.2 Å². The van der Waals surface area contributed by atoms with E-state index in [-0.39, 0.29) is 18.0 Å². The largest absolute Gasteiger partial charge is 0.378 e. The molecule has 3 aliphatic rings. The molecule has 1 aliphatic heterocycles. The number of aryl methyl sites for hydroxylation is 1. The molecule has 0 radical (unpaired) electrons. The summed E-state index contributed by atoms with van der Waals surface area (Å²) in [6.45, 7) is 3.91. The zero-order chi connectivity index (χ0) is 26.3. The number of amides is 4. The van der Waals surface area contributed by atoms with E-state index in [1.54, 1.807) is 4.90 Å². The molecule has 2 aliphatic carbocycles. The molecule has 37 heavy (non-hydrogen) atoms. The Labute approximate surface area is 219 Å². The molecule has 3 N–H and O–H groups in total. The van der Waals surface area contributed by atoms with Gasteiger partial charge in [-0.2, -0.15) is 0 Å². The highest BCUT2D eigenvalue weighted by molar-refractivity contribution is 6.38. The first-order valence-electron chi connectivity index (χ1n) is 13.8. The Hall–Kier alpha value is -2.94. The highest BCUT2D eigenvalue weighted by Gasteiger charge is 2.43. The van der Waals surface area contributed by atoms with Gasteiger partial charge in [-0.3, -0.25) is 14.4 Å². The Bertz CT molecular complexity index is 985. The van der Waals surface area contributed by atoms with Crippen LogP contribution in [-0.2, 0) is 25.5 Å². The lowest BCUT2D eigenvalue weighted by Gasteiger charge is -2.39. The van der Waals surface area contributed by atoms with Crippen molar-refractivity contribution >= 4 is 23.6 Å². The molecule has 0 spiro atoms. The maximum Gasteiger partial charge on any atom is 0.318 e. The first-order chi connectivity index (χ1) is 17.9. The maximum absolute atomic E-state index is 13.7. The number of ether oxygens (including phenoxy) is 1. The van der Waals surface area contributed by atoms with Crippen LogP contribution in [0.15, 0.2) is 24.3 Å². The van der Waals surface area contributed by atoms with Crippen LogP contribution in [0.3, 0.4) is 0 Å². The third-order valence-corrected chi connectivity index (χ3v) is 7.92. The van der Waals surface area contributed by atoms with Gasteiger partial charge in [-0.05, 0) is 43.2 Å². The molecule has 0 aromatic heterocycles. The van der Waals surface area contributed by atoms with Crippen LogP contribution in [0.25, 0.3) is 0 Å². The van der Waals surface area contributed by atoms with Crippen molar-refractivity contribution in [1.29, 1.82) is 0 Å². The van der Waals surface area contributed by atoms with E-state index in [4.69, 9.17) is 4.74 Å². The van der Waals surface area contributed by atoms with E-state index in [0.29, 0.717) is 52.0 Å². The average Bonchev–Trinajstić information content (AvgIpc) is 3.34. The number of hydrogen-bond donors (Lipinski definition) is 3. The average molecular weight is 513 g/mol. The summed E-state index contributed by atoms with van der Waals surface area (Å²) in [6, 6.07) is 6.53. The first kappa shape index (κ1) is 27.1. The second-order valence-electron chi connectivity index (χ2n) is 10.5. The minimum Gasteiger partial charge on any atom is -0.378 e. The second kappa shape index (κ2) is 12.5. The van der Waals surface area contributed by atoms with Crippen molar-refractivity contribution < 1.29 is 23.9 Å². The van der Waals surface area contributed by atoms with Crippen molar-refractivity contribution in [1.82, 2.24) is 20.9 Å². The van der Waals surface area contributed by atoms with Crippen LogP contribution in [-0.4, -0.2) is 66.4 Å². The number of fused-ring (bicyclic) bond motifs is 1. The number of nitrogens with zero attached hydrogens (tertiary/aromatic N) is 1. The molecule has 4 amide bonds. The SMILES string of the molecule is CCCCC(NC(=O)C1(NC(=O)N2CCOCC2)CCCCC1)C(=O)C(=O)N[C@H]1CCc2ccccc21. The zero-order valence-corrected chi connectivity index (χ0v) is 21.9. The van der Waals surface area contributed by atoms with E-state index in [0.717, 1.165) is 44.1 Å². The molecule has 2 atom stereocenters. The molecule has 1 unspecified atom stereocenters. The quantitative estimate of drug-likeness (QED) is 0.440. The van der Waals surface area contributed by atoms with Gasteiger partial charge >= 0.3 is 6.03 Å². The van der Waals surface area contributed by atoms with Crippen LogP contribution in [0, 0.1) is 0 Å². The van der Waals surface area contributed by atoms with E-state index in [1.807, 2.05) is 31.2 Å². The van der Waals surface area contributed by atoms with Gasteiger partial charge in [0.1, 0.15) is 5.54 Å². The summed E-state index contributed by atoms with van der Waals surface area (Å²) in [7, 11) is 0. The number of urea groups is 1. The number of carbonyl (C=O) groups excluding carboxylic acids is 4. The van der Waals surface area contributed by atoms with Crippen molar-refractivity contribution in [3.05, 3.63) is 35.4 Å². The Balaban J connectivity index is 1.44. The predicted molar refractivity (Wildman–Crippen MR) is 139 cm³/mol. The summed E-state index contributed by atoms with van der Waals surface area (Å²) in [5, 5.41) is 8.80. The third kappa shape index (κ3) is 6.50. The van der Waals surface area contributed by atoms with Gasteiger partial charge in [0.05, 0.1) is 25.3 Å². The molecular formula is C28H40N4O5. The first-order valence-corrected chi connectivity index (χ1v) is 13.8. The summed E-state index contributed by atoms with van der Waals surface area (Å²) in [5.41, 5.74) is 1.15. The maximum atomic E-state index is 13.7. The normalized spacial score (nSPS) is 21.4. The Morgan fingerprint density at radius 3 is 2.54 bits per heavy atom. The van der Waals surface area contributed by atoms with Gasteiger partial charge in [-0.15, -0.1) is 0 Å². The summed E-state index contributed by atoms with van der Waals surface area (Å²) < 4.78 is 5.34. The van der Waals surface area contributed by atoms with E-state index >= 15 is 0 Å². The standard InChI is InChI=1S/C28H40N4O5/c1-2-3-11-23(24(33)25(34)29-22-13-12-20-9-5-6-10-21(20)22)30-26(35)28(14-7-4-8-15-28)31-27(36)32-16-18-37-19-17-32/h5-6,9-10,22-23H,2-4,7-8,11-19H2,1H3,(H,29,34)(H,30,35)(H,31,36)/t22-,23?/m0/s1. The monoisotopic (exact) mass is 512 g/mol. The number of ketones is 1. The topological polar surface area (TPSA) is 117 Å². The molecule has 4 rings (SSSR count). The van der Waals surface area contributed by atoms with Gasteiger partial charge < -0.3 is 25.6 Å². The van der Waals surface area contributed by atoms with E-state index in [1.165, 1.54) is 5.56 Å². The fourth-order valence-corrected chi connectivity index (χ4v) is 5.68. The smallest absolute Gasteiger partial charge is 0.318 e. The molecule has 1 aromatic rings. The number of carbonyl (C=O) groups is 4. The molecular weight excluding hydrogens is 472 g/mol. The van der Waals surface area contributed by atoms with Gasteiger partial charge in [0.2, 0.25) is 11.7 Å². The van der Waals surface area contributed by atoms with Gasteiger partial charge in [0.15, 0.2) is 0 Å². The molecule has 1 saturated heterocycles. The van der Waals surface area contributed by atoms with Crippen molar-refractivity contribution in [2.75, 3.05) is 26.3 Å². The Morgan fingerprint density at radius 2 is 1.81 bits per heavy atom. The number of hydrogen-bond acceptors (Lipinski definition) is 5. The van der Waals surface area contributed by atoms with Crippen LogP contribution in [0.5, 0.6) is 0 Å². The number of benzene rings is 1. The molecule has 1 saturated carbocycles. The molecule has 0 bridgehead atoms. The lowest BCUT2D eigenvalue weighted by atomic mass is 9.80. The minimum atomic E-state index is -1.08. The number of Topliss-reactive ketones (excluding diaryl/α,β-unsaturated/α-hetero) is 1. The number of nitrogens with one attached hydrogen (secondary N) is 3. The zero-order valence-electron chi connectivity index (χ0n) is 21.9. The van der Waals surface area contributed by atoms with Crippen LogP contribution >= 0.6 is 0 Å². The molecule has 2 fully saturated rings. The fraction of sp³-hybridized carbons (Fsp3) is 0.643. The Kier molecular flexibility index (Phi) is 9.18. The number of rotatable bonds is 9. The predicted octanol–water partition coefficient (Wildman–Crippen LogP) is 2.78. The van der Waals surface area contributed by atoms with Crippen molar-refractivity contribution in [3.8, 4) is 0 Å². The highest BCUT2D eigenvalue weighted by atomic mass is 16.5. The lowest BCUT2D eigenvalue weighted by molar-refractivity contribution is -0.141. The summed E-state index contributed by atoms with van der Waals surface area (Å²) in [6.07, 6.45) is 7.15. The van der Waals surface area contributed by atoms with Crippen LogP contribution in [0.1, 0.15) is 81.9 Å². The number of morpholine rings is 1. The van der Waals surface area contributed by atoms with Crippen molar-refractivity contribution in [2.45, 2.75) is 88.8 Å². The molecule has 9 heteroatoms. The fourth-order valence-electron chi connectivity index (χ4n) is 5.68. The van der Waals surface area contributed by atoms with Gasteiger partial charge in [0, 0.05) is 13.1 Å². The molecule has 1 heterocycles. The molecule has 202 valence electrons. The van der Waals surface area contributed by atoms with Gasteiger partial charge in [-0.1, -0.05) is 63.3 Å². The highest BCUT2D eigenvalue weighted by Crippen LogP contribution is 2.31. The molecule has 1 aromatic carbocycles. The summed E-state index contributed by atoms with van der Waals surface area (Å²) in [5.74, 6) is -1.67. The minimum absolute atomic E-state index is 0.201. The van der Waals surface area contributed by atoms with Gasteiger partial charge in [0.25, 0.3) is 5.91 Å².